The summed E-state index contributed by atoms with van der Waals surface area (Å²) in [7, 11) is 0. The van der Waals surface area contributed by atoms with Gasteiger partial charge >= 0.3 is 11.4 Å². The minimum Gasteiger partial charge on any atom is -0.284 e. The second kappa shape index (κ2) is 4.85. The van der Waals surface area contributed by atoms with Gasteiger partial charge in [-0.25, -0.2) is 22.0 Å². The first-order chi connectivity index (χ1) is 7.36. The predicted molar refractivity (Wildman–Crippen MR) is 41.8 cm³/mol. The lowest BCUT2D eigenvalue weighted by atomic mass is 10.2. The number of rotatable bonds is 3. The van der Waals surface area contributed by atoms with E-state index in [1.807, 2.05) is 0 Å². The van der Waals surface area contributed by atoms with Gasteiger partial charge in [0.15, 0.2) is 23.3 Å². The van der Waals surface area contributed by atoms with Crippen LogP contribution in [0.5, 0.6) is 0 Å². The quantitative estimate of drug-likeness (QED) is 0.392. The molecule has 3 nitrogen and oxygen atoms in total. The standard InChI is InChI=1S/C7H3F5O3S/c8-3-2(1-15-16(13)14)4(9)6(11)7(12)5(3)10/h1H2,(H,13,14). The van der Waals surface area contributed by atoms with Gasteiger partial charge in [0.05, 0.1) is 12.2 Å². The highest BCUT2D eigenvalue weighted by molar-refractivity contribution is 7.74. The predicted octanol–water partition coefficient (Wildman–Crippen LogP) is 2.04. The molecule has 90 valence electrons. The summed E-state index contributed by atoms with van der Waals surface area (Å²) in [6.45, 7) is -1.21. The Hall–Kier alpha value is -1.06. The van der Waals surface area contributed by atoms with E-state index in [-0.39, 0.29) is 0 Å². The fraction of sp³-hybridized carbons (Fsp3) is 0.143. The molecule has 0 aliphatic carbocycles. The molecule has 1 aromatic carbocycles. The van der Waals surface area contributed by atoms with E-state index >= 15 is 0 Å². The second-order valence-corrected chi connectivity index (χ2v) is 3.20. The highest BCUT2D eigenvalue weighted by Gasteiger charge is 2.25. The molecule has 9 heteroatoms. The van der Waals surface area contributed by atoms with Crippen molar-refractivity contribution in [2.45, 2.75) is 6.61 Å². The average molecular weight is 262 g/mol. The summed E-state index contributed by atoms with van der Waals surface area (Å²) in [5, 5.41) is 0. The summed E-state index contributed by atoms with van der Waals surface area (Å²) in [5.74, 6) is -10.8. The molecule has 1 rings (SSSR count). The minimum atomic E-state index is -2.87. The molecule has 1 atom stereocenters. The molecule has 0 aliphatic rings. The van der Waals surface area contributed by atoms with E-state index in [1.165, 1.54) is 0 Å². The van der Waals surface area contributed by atoms with Gasteiger partial charge in [-0.3, -0.25) is 8.74 Å². The normalized spacial score (nSPS) is 12.9. The van der Waals surface area contributed by atoms with E-state index in [0.29, 0.717) is 0 Å². The number of hydrogen-bond acceptors (Lipinski definition) is 2. The van der Waals surface area contributed by atoms with E-state index in [9.17, 15) is 26.2 Å². The summed E-state index contributed by atoms with van der Waals surface area (Å²) in [5.41, 5.74) is -1.31. The zero-order valence-corrected chi connectivity index (χ0v) is 8.09. The zero-order chi connectivity index (χ0) is 12.5. The molecule has 0 bridgehead atoms. The van der Waals surface area contributed by atoms with Crippen molar-refractivity contribution in [1.82, 2.24) is 0 Å². The molecular formula is C7H3F5O3S. The molecule has 0 fully saturated rings. The lowest BCUT2D eigenvalue weighted by Crippen LogP contribution is -2.09. The molecular weight excluding hydrogens is 259 g/mol. The van der Waals surface area contributed by atoms with E-state index < -0.39 is 52.6 Å². The molecule has 16 heavy (non-hydrogen) atoms. The molecule has 0 amide bonds. The van der Waals surface area contributed by atoms with E-state index in [0.717, 1.165) is 0 Å². The Balaban J connectivity index is 3.23. The lowest BCUT2D eigenvalue weighted by Gasteiger charge is -2.06. The Bertz CT molecular complexity index is 421. The molecule has 0 aliphatic heterocycles. The maximum Gasteiger partial charge on any atom is 0.302 e. The van der Waals surface area contributed by atoms with Gasteiger partial charge in [0.1, 0.15) is 0 Å². The van der Waals surface area contributed by atoms with Gasteiger partial charge < -0.3 is 0 Å². The number of benzene rings is 1. The van der Waals surface area contributed by atoms with Crippen LogP contribution in [0, 0.1) is 29.1 Å². The highest BCUT2D eigenvalue weighted by atomic mass is 32.2. The van der Waals surface area contributed by atoms with Gasteiger partial charge in [0.2, 0.25) is 5.82 Å². The average Bonchev–Trinajstić information content (AvgIpc) is 2.23. The summed E-state index contributed by atoms with van der Waals surface area (Å²) in [6, 6.07) is 0. The lowest BCUT2D eigenvalue weighted by molar-refractivity contribution is 0.275. The van der Waals surface area contributed by atoms with Crippen LogP contribution in [0.25, 0.3) is 0 Å². The van der Waals surface area contributed by atoms with E-state index in [1.54, 1.807) is 0 Å². The largest absolute Gasteiger partial charge is 0.302 e. The van der Waals surface area contributed by atoms with Gasteiger partial charge in [-0.2, -0.15) is 4.21 Å². The molecule has 1 aromatic rings. The van der Waals surface area contributed by atoms with Crippen molar-refractivity contribution in [3.63, 3.8) is 0 Å². The van der Waals surface area contributed by atoms with Gasteiger partial charge in [-0.15, -0.1) is 0 Å². The van der Waals surface area contributed by atoms with E-state index in [2.05, 4.69) is 4.18 Å². The first-order valence-electron chi connectivity index (χ1n) is 3.60. The number of hydrogen-bond donors (Lipinski definition) is 1. The Morgan fingerprint density at radius 2 is 1.31 bits per heavy atom. The maximum atomic E-state index is 12.9. The van der Waals surface area contributed by atoms with Crippen LogP contribution < -0.4 is 0 Å². The molecule has 0 spiro atoms. The van der Waals surface area contributed by atoms with Crippen molar-refractivity contribution in [1.29, 1.82) is 0 Å². The summed E-state index contributed by atoms with van der Waals surface area (Å²) in [4.78, 5) is 0. The maximum absolute atomic E-state index is 12.9. The Kier molecular flexibility index (Phi) is 3.94. The number of halogens is 5. The van der Waals surface area contributed by atoms with Gasteiger partial charge in [-0.1, -0.05) is 0 Å². The first kappa shape index (κ1) is 13.0. The zero-order valence-electron chi connectivity index (χ0n) is 7.27. The van der Waals surface area contributed by atoms with Crippen LogP contribution in [0.15, 0.2) is 0 Å². The molecule has 0 aromatic heterocycles. The third-order valence-electron chi connectivity index (χ3n) is 1.60. The van der Waals surface area contributed by atoms with Crippen LogP contribution in [-0.2, 0) is 22.2 Å². The molecule has 0 radical (unpaired) electrons. The Morgan fingerprint density at radius 1 is 0.938 bits per heavy atom. The Labute approximate surface area is 88.3 Å². The van der Waals surface area contributed by atoms with E-state index in [4.69, 9.17) is 4.55 Å². The van der Waals surface area contributed by atoms with Crippen molar-refractivity contribution in [3.8, 4) is 0 Å². The monoisotopic (exact) mass is 262 g/mol. The topological polar surface area (TPSA) is 46.5 Å². The fourth-order valence-electron chi connectivity index (χ4n) is 0.886. The Morgan fingerprint density at radius 3 is 1.69 bits per heavy atom. The molecule has 1 unspecified atom stereocenters. The van der Waals surface area contributed by atoms with Crippen molar-refractivity contribution < 1.29 is 34.9 Å². The molecule has 0 saturated carbocycles. The summed E-state index contributed by atoms with van der Waals surface area (Å²) < 4.78 is 85.4. The van der Waals surface area contributed by atoms with Crippen LogP contribution in [0.3, 0.4) is 0 Å². The third-order valence-corrected chi connectivity index (χ3v) is 1.92. The fourth-order valence-corrected chi connectivity index (χ4v) is 1.11. The summed E-state index contributed by atoms with van der Waals surface area (Å²) >= 11 is -2.87. The van der Waals surface area contributed by atoms with Gasteiger partial charge in [0.25, 0.3) is 0 Å². The van der Waals surface area contributed by atoms with Gasteiger partial charge in [0, 0.05) is 0 Å². The van der Waals surface area contributed by atoms with Crippen LogP contribution in [-0.4, -0.2) is 8.76 Å². The van der Waals surface area contributed by atoms with Crippen LogP contribution >= 0.6 is 0 Å². The smallest absolute Gasteiger partial charge is 0.284 e. The first-order valence-corrected chi connectivity index (χ1v) is 4.63. The van der Waals surface area contributed by atoms with Crippen LogP contribution in [0.4, 0.5) is 22.0 Å². The van der Waals surface area contributed by atoms with Crippen molar-refractivity contribution in [2.24, 2.45) is 0 Å². The van der Waals surface area contributed by atoms with Gasteiger partial charge in [-0.05, 0) is 0 Å². The summed E-state index contributed by atoms with van der Waals surface area (Å²) in [6.07, 6.45) is 0. The van der Waals surface area contributed by atoms with Crippen molar-refractivity contribution in [2.75, 3.05) is 0 Å². The minimum absolute atomic E-state index is 1.21. The second-order valence-electron chi connectivity index (χ2n) is 2.53. The van der Waals surface area contributed by atoms with Crippen LogP contribution in [0.2, 0.25) is 0 Å². The SMILES string of the molecule is O=S(O)OCc1c(F)c(F)c(F)c(F)c1F. The molecule has 0 saturated heterocycles. The molecule has 0 heterocycles. The van der Waals surface area contributed by atoms with Crippen LogP contribution in [0.1, 0.15) is 5.56 Å². The van der Waals surface area contributed by atoms with Crippen molar-refractivity contribution >= 4 is 11.4 Å². The third kappa shape index (κ3) is 2.36. The molecule has 1 N–H and O–H groups in total. The van der Waals surface area contributed by atoms with Crippen molar-refractivity contribution in [3.05, 3.63) is 34.6 Å². The highest BCUT2D eigenvalue weighted by Crippen LogP contribution is 2.23.